The molecule has 0 aromatic heterocycles. The van der Waals surface area contributed by atoms with Crippen molar-refractivity contribution in [2.24, 2.45) is 0 Å². The van der Waals surface area contributed by atoms with Crippen LogP contribution in [0.5, 0.6) is 0 Å². The van der Waals surface area contributed by atoms with E-state index < -0.39 is 0 Å². The zero-order valence-corrected chi connectivity index (χ0v) is 13.7. The third-order valence-corrected chi connectivity index (χ3v) is 4.16. The van der Waals surface area contributed by atoms with Gasteiger partial charge in [0, 0.05) is 26.7 Å². The van der Waals surface area contributed by atoms with Crippen LogP contribution in [0, 0.1) is 5.82 Å². The summed E-state index contributed by atoms with van der Waals surface area (Å²) in [6.07, 6.45) is 0.508. The number of halogens is 4. The van der Waals surface area contributed by atoms with E-state index in [2.05, 4.69) is 5.32 Å². The van der Waals surface area contributed by atoms with Crippen LogP contribution in [0.25, 0.3) is 0 Å². The first-order valence-corrected chi connectivity index (χ1v) is 7.77. The van der Waals surface area contributed by atoms with Gasteiger partial charge in [0.15, 0.2) is 0 Å². The van der Waals surface area contributed by atoms with Gasteiger partial charge in [-0.05, 0) is 48.9 Å². The number of hydrogen-bond donors (Lipinski definition) is 1. The molecular weight excluding hydrogens is 332 g/mol. The van der Waals surface area contributed by atoms with Gasteiger partial charge in [0.1, 0.15) is 5.82 Å². The zero-order chi connectivity index (χ0) is 15.4. The van der Waals surface area contributed by atoms with E-state index in [0.717, 1.165) is 5.56 Å². The molecule has 0 heterocycles. The summed E-state index contributed by atoms with van der Waals surface area (Å²) in [5, 5.41) is 4.86. The Morgan fingerprint density at radius 2 is 1.86 bits per heavy atom. The second kappa shape index (κ2) is 7.46. The minimum absolute atomic E-state index is 0.264. The van der Waals surface area contributed by atoms with E-state index in [0.29, 0.717) is 33.6 Å². The molecule has 0 aliphatic rings. The smallest absolute Gasteiger partial charge is 0.129 e. The Hall–Kier alpha value is -0.800. The van der Waals surface area contributed by atoms with Crippen LogP contribution in [-0.4, -0.2) is 6.54 Å². The van der Waals surface area contributed by atoms with Crippen LogP contribution in [0.2, 0.25) is 15.1 Å². The van der Waals surface area contributed by atoms with Gasteiger partial charge in [-0.15, -0.1) is 0 Å². The Labute approximate surface area is 139 Å². The molecule has 21 heavy (non-hydrogen) atoms. The summed E-state index contributed by atoms with van der Waals surface area (Å²) in [7, 11) is 0. The Morgan fingerprint density at radius 3 is 2.52 bits per heavy atom. The summed E-state index contributed by atoms with van der Waals surface area (Å²) in [5.74, 6) is -0.327. The highest BCUT2D eigenvalue weighted by molar-refractivity contribution is 6.33. The number of nitrogens with one attached hydrogen (secondary N) is 1. The first-order valence-electron chi connectivity index (χ1n) is 6.64. The predicted octanol–water partition coefficient (Wildman–Crippen LogP) is 5.68. The maximum absolute atomic E-state index is 14.1. The van der Waals surface area contributed by atoms with E-state index in [4.69, 9.17) is 34.8 Å². The van der Waals surface area contributed by atoms with Gasteiger partial charge in [-0.1, -0.05) is 47.8 Å². The van der Waals surface area contributed by atoms with Crippen LogP contribution in [0.1, 0.15) is 24.1 Å². The van der Waals surface area contributed by atoms with Crippen molar-refractivity contribution in [1.29, 1.82) is 0 Å². The summed E-state index contributed by atoms with van der Waals surface area (Å²) in [6.45, 7) is 2.65. The number of rotatable bonds is 5. The fraction of sp³-hybridized carbons (Fsp3) is 0.250. The maximum atomic E-state index is 14.1. The molecule has 1 unspecified atom stereocenters. The standard InChI is InChI=1S/C16H15Cl3FN/c1-2-21-15(16-13(19)4-3-5-14(16)20)9-10-8-11(17)6-7-12(10)18/h3-8,15,21H,2,9H2,1H3. The Kier molecular flexibility index (Phi) is 5.88. The van der Waals surface area contributed by atoms with E-state index in [-0.39, 0.29) is 11.9 Å². The van der Waals surface area contributed by atoms with Crippen LogP contribution in [0.4, 0.5) is 4.39 Å². The van der Waals surface area contributed by atoms with Crippen molar-refractivity contribution in [3.8, 4) is 0 Å². The number of hydrogen-bond acceptors (Lipinski definition) is 1. The van der Waals surface area contributed by atoms with Gasteiger partial charge in [0.25, 0.3) is 0 Å². The summed E-state index contributed by atoms with van der Waals surface area (Å²) < 4.78 is 14.1. The fourth-order valence-electron chi connectivity index (χ4n) is 2.29. The summed E-state index contributed by atoms with van der Waals surface area (Å²) in [4.78, 5) is 0. The molecule has 0 fully saturated rings. The first-order chi connectivity index (χ1) is 10.0. The third kappa shape index (κ3) is 4.10. The van der Waals surface area contributed by atoms with Gasteiger partial charge >= 0.3 is 0 Å². The molecule has 1 nitrogen and oxygen atoms in total. The molecule has 1 atom stereocenters. The molecule has 0 saturated carbocycles. The van der Waals surface area contributed by atoms with Crippen molar-refractivity contribution in [2.45, 2.75) is 19.4 Å². The molecule has 5 heteroatoms. The van der Waals surface area contributed by atoms with Crippen molar-refractivity contribution in [1.82, 2.24) is 5.32 Å². The Bertz CT molecular complexity index is 611. The predicted molar refractivity (Wildman–Crippen MR) is 88.0 cm³/mol. The summed E-state index contributed by atoms with van der Waals surface area (Å²) in [6, 6.07) is 9.69. The second-order valence-corrected chi connectivity index (χ2v) is 5.94. The van der Waals surface area contributed by atoms with Crippen molar-refractivity contribution in [3.05, 3.63) is 68.4 Å². The summed E-state index contributed by atoms with van der Waals surface area (Å²) >= 11 is 18.4. The van der Waals surface area contributed by atoms with Crippen molar-refractivity contribution in [2.75, 3.05) is 6.54 Å². The minimum atomic E-state index is -0.327. The highest BCUT2D eigenvalue weighted by Crippen LogP contribution is 2.31. The number of benzene rings is 2. The highest BCUT2D eigenvalue weighted by Gasteiger charge is 2.19. The molecule has 2 aromatic carbocycles. The van der Waals surface area contributed by atoms with Crippen molar-refractivity contribution in [3.63, 3.8) is 0 Å². The molecule has 0 aliphatic carbocycles. The van der Waals surface area contributed by atoms with Crippen LogP contribution >= 0.6 is 34.8 Å². The van der Waals surface area contributed by atoms with Crippen LogP contribution in [0.15, 0.2) is 36.4 Å². The van der Waals surface area contributed by atoms with Crippen molar-refractivity contribution < 1.29 is 4.39 Å². The van der Waals surface area contributed by atoms with E-state index >= 15 is 0 Å². The van der Waals surface area contributed by atoms with Crippen molar-refractivity contribution >= 4 is 34.8 Å². The quantitative estimate of drug-likeness (QED) is 0.734. The lowest BCUT2D eigenvalue weighted by atomic mass is 9.98. The molecule has 0 bridgehead atoms. The van der Waals surface area contributed by atoms with Gasteiger partial charge in [-0.2, -0.15) is 0 Å². The average molecular weight is 347 g/mol. The molecule has 2 rings (SSSR count). The van der Waals surface area contributed by atoms with Crippen LogP contribution < -0.4 is 5.32 Å². The molecule has 0 saturated heterocycles. The molecule has 0 aliphatic heterocycles. The molecule has 0 amide bonds. The Balaban J connectivity index is 2.38. The second-order valence-electron chi connectivity index (χ2n) is 4.69. The minimum Gasteiger partial charge on any atom is -0.310 e. The van der Waals surface area contributed by atoms with Gasteiger partial charge in [0.2, 0.25) is 0 Å². The average Bonchev–Trinajstić information content (AvgIpc) is 2.43. The molecule has 0 spiro atoms. The molecule has 0 radical (unpaired) electrons. The first kappa shape index (κ1) is 16.6. The largest absolute Gasteiger partial charge is 0.310 e. The van der Waals surface area contributed by atoms with E-state index in [9.17, 15) is 4.39 Å². The SMILES string of the molecule is CCNC(Cc1cc(Cl)ccc1Cl)c1c(F)cccc1Cl. The van der Waals surface area contributed by atoms with Gasteiger partial charge in [-0.3, -0.25) is 0 Å². The lowest BCUT2D eigenvalue weighted by molar-refractivity contribution is 0.510. The fourth-order valence-corrected chi connectivity index (χ4v) is 2.97. The molecular formula is C16H15Cl3FN. The molecule has 1 N–H and O–H groups in total. The lowest BCUT2D eigenvalue weighted by Crippen LogP contribution is -2.24. The normalized spacial score (nSPS) is 12.4. The molecule has 2 aromatic rings. The maximum Gasteiger partial charge on any atom is 0.129 e. The van der Waals surface area contributed by atoms with Crippen LogP contribution in [0.3, 0.4) is 0 Å². The summed E-state index contributed by atoms with van der Waals surface area (Å²) in [5.41, 5.74) is 1.31. The zero-order valence-electron chi connectivity index (χ0n) is 11.5. The third-order valence-electron chi connectivity index (χ3n) is 3.23. The van der Waals surface area contributed by atoms with E-state index in [1.165, 1.54) is 6.07 Å². The number of likely N-dealkylation sites (N-methyl/N-ethyl adjacent to an activating group) is 1. The van der Waals surface area contributed by atoms with Gasteiger partial charge < -0.3 is 5.32 Å². The van der Waals surface area contributed by atoms with E-state index in [1.54, 1.807) is 30.3 Å². The van der Waals surface area contributed by atoms with Gasteiger partial charge in [0.05, 0.1) is 0 Å². The highest BCUT2D eigenvalue weighted by atomic mass is 35.5. The Morgan fingerprint density at radius 1 is 1.10 bits per heavy atom. The lowest BCUT2D eigenvalue weighted by Gasteiger charge is -2.21. The van der Waals surface area contributed by atoms with E-state index in [1.807, 2.05) is 6.92 Å². The molecule has 112 valence electrons. The van der Waals surface area contributed by atoms with Crippen LogP contribution in [-0.2, 0) is 6.42 Å². The monoisotopic (exact) mass is 345 g/mol. The van der Waals surface area contributed by atoms with Gasteiger partial charge in [-0.25, -0.2) is 4.39 Å². The topological polar surface area (TPSA) is 12.0 Å².